The van der Waals surface area contributed by atoms with Crippen LogP contribution in [0.5, 0.6) is 0 Å². The minimum Gasteiger partial charge on any atom is -0.368 e. The standard InChI is InChI=1S/C20H23Cl2N3O/c1-15(18-7-2-3-8-19(18)22)23-14-20(26)25-11-9-24(10-12-25)17-6-4-5-16(21)13-17/h2-8,13,15,23H,9-12,14H2,1H3/t15-/m1/s1. The first-order valence-electron chi connectivity index (χ1n) is 8.80. The summed E-state index contributed by atoms with van der Waals surface area (Å²) in [4.78, 5) is 16.7. The third-order valence-corrected chi connectivity index (χ3v) is 5.32. The third-order valence-electron chi connectivity index (χ3n) is 4.74. The molecule has 2 aromatic rings. The van der Waals surface area contributed by atoms with Gasteiger partial charge in [0.05, 0.1) is 6.54 Å². The van der Waals surface area contributed by atoms with Crippen LogP contribution in [0.4, 0.5) is 5.69 Å². The van der Waals surface area contributed by atoms with Crippen molar-refractivity contribution in [2.75, 3.05) is 37.6 Å². The fourth-order valence-corrected chi connectivity index (χ4v) is 3.66. The number of carbonyl (C=O) groups is 1. The van der Waals surface area contributed by atoms with Crippen LogP contribution >= 0.6 is 23.2 Å². The Bertz CT molecular complexity index is 760. The summed E-state index contributed by atoms with van der Waals surface area (Å²) in [7, 11) is 0. The van der Waals surface area contributed by atoms with E-state index in [1.807, 2.05) is 54.3 Å². The number of anilines is 1. The molecule has 1 atom stereocenters. The number of nitrogens with one attached hydrogen (secondary N) is 1. The molecule has 26 heavy (non-hydrogen) atoms. The Morgan fingerprint density at radius 1 is 1.08 bits per heavy atom. The Kier molecular flexibility index (Phi) is 6.41. The number of rotatable bonds is 5. The van der Waals surface area contributed by atoms with E-state index in [2.05, 4.69) is 16.3 Å². The fraction of sp³-hybridized carbons (Fsp3) is 0.350. The van der Waals surface area contributed by atoms with Crippen molar-refractivity contribution < 1.29 is 4.79 Å². The lowest BCUT2D eigenvalue weighted by Crippen LogP contribution is -2.51. The number of amides is 1. The van der Waals surface area contributed by atoms with Gasteiger partial charge in [-0.05, 0) is 36.8 Å². The minimum atomic E-state index is 0.0281. The molecule has 1 N–H and O–H groups in total. The third kappa shape index (κ3) is 4.70. The topological polar surface area (TPSA) is 35.6 Å². The highest BCUT2D eigenvalue weighted by atomic mass is 35.5. The van der Waals surface area contributed by atoms with E-state index in [9.17, 15) is 4.79 Å². The monoisotopic (exact) mass is 391 g/mol. The molecule has 2 aromatic carbocycles. The maximum Gasteiger partial charge on any atom is 0.236 e. The van der Waals surface area contributed by atoms with E-state index in [1.54, 1.807) is 0 Å². The maximum absolute atomic E-state index is 12.5. The van der Waals surface area contributed by atoms with Crippen LogP contribution in [-0.2, 0) is 4.79 Å². The highest BCUT2D eigenvalue weighted by Gasteiger charge is 2.22. The first kappa shape index (κ1) is 19.0. The molecule has 1 aliphatic heterocycles. The molecule has 1 fully saturated rings. The van der Waals surface area contributed by atoms with Gasteiger partial charge in [-0.3, -0.25) is 4.79 Å². The normalized spacial score (nSPS) is 15.8. The molecule has 0 unspecified atom stereocenters. The number of benzene rings is 2. The Morgan fingerprint density at radius 3 is 2.50 bits per heavy atom. The second kappa shape index (κ2) is 8.76. The van der Waals surface area contributed by atoms with Crippen molar-refractivity contribution >= 4 is 34.8 Å². The molecular formula is C20H23Cl2N3O. The van der Waals surface area contributed by atoms with E-state index in [4.69, 9.17) is 23.2 Å². The molecule has 0 saturated carbocycles. The van der Waals surface area contributed by atoms with Crippen LogP contribution in [0.1, 0.15) is 18.5 Å². The first-order valence-corrected chi connectivity index (χ1v) is 9.56. The van der Waals surface area contributed by atoms with Gasteiger partial charge in [-0.15, -0.1) is 0 Å². The van der Waals surface area contributed by atoms with Gasteiger partial charge in [0.1, 0.15) is 0 Å². The molecule has 4 nitrogen and oxygen atoms in total. The number of piperazine rings is 1. The van der Waals surface area contributed by atoms with Gasteiger partial charge in [0.25, 0.3) is 0 Å². The van der Waals surface area contributed by atoms with Gasteiger partial charge in [0.2, 0.25) is 5.91 Å². The Balaban J connectivity index is 1.49. The van der Waals surface area contributed by atoms with E-state index in [1.165, 1.54) is 0 Å². The summed E-state index contributed by atoms with van der Waals surface area (Å²) in [6.07, 6.45) is 0. The van der Waals surface area contributed by atoms with Gasteiger partial charge in [-0.25, -0.2) is 0 Å². The SMILES string of the molecule is C[C@@H](NCC(=O)N1CCN(c2cccc(Cl)c2)CC1)c1ccccc1Cl. The van der Waals surface area contributed by atoms with Gasteiger partial charge in [0, 0.05) is 48.0 Å². The quantitative estimate of drug-likeness (QED) is 0.836. The van der Waals surface area contributed by atoms with Crippen molar-refractivity contribution in [3.63, 3.8) is 0 Å². The van der Waals surface area contributed by atoms with Crippen LogP contribution in [0.25, 0.3) is 0 Å². The van der Waals surface area contributed by atoms with Crippen LogP contribution in [0.3, 0.4) is 0 Å². The molecule has 138 valence electrons. The largest absolute Gasteiger partial charge is 0.368 e. The maximum atomic E-state index is 12.5. The molecule has 1 aliphatic rings. The molecular weight excluding hydrogens is 369 g/mol. The van der Waals surface area contributed by atoms with E-state index >= 15 is 0 Å². The molecule has 1 amide bonds. The molecule has 0 aliphatic carbocycles. The number of hydrogen-bond donors (Lipinski definition) is 1. The summed E-state index contributed by atoms with van der Waals surface area (Å²) in [6, 6.07) is 15.6. The fourth-order valence-electron chi connectivity index (χ4n) is 3.18. The van der Waals surface area contributed by atoms with Gasteiger partial charge in [-0.2, -0.15) is 0 Å². The summed E-state index contributed by atoms with van der Waals surface area (Å²) in [5.74, 6) is 0.120. The smallest absolute Gasteiger partial charge is 0.236 e. The van der Waals surface area contributed by atoms with Gasteiger partial charge < -0.3 is 15.1 Å². The Hall–Kier alpha value is -1.75. The van der Waals surface area contributed by atoms with Crippen LogP contribution in [0.2, 0.25) is 10.0 Å². The van der Waals surface area contributed by atoms with Crippen LogP contribution in [0, 0.1) is 0 Å². The molecule has 6 heteroatoms. The Morgan fingerprint density at radius 2 is 1.81 bits per heavy atom. The summed E-state index contributed by atoms with van der Waals surface area (Å²) in [6.45, 7) is 5.38. The van der Waals surface area contributed by atoms with E-state index in [-0.39, 0.29) is 11.9 Å². The van der Waals surface area contributed by atoms with E-state index in [0.717, 1.165) is 34.4 Å². The zero-order chi connectivity index (χ0) is 18.5. The summed E-state index contributed by atoms with van der Waals surface area (Å²) >= 11 is 12.3. The van der Waals surface area contributed by atoms with Gasteiger partial charge >= 0.3 is 0 Å². The number of halogens is 2. The van der Waals surface area contributed by atoms with Crippen molar-refractivity contribution in [1.29, 1.82) is 0 Å². The second-order valence-electron chi connectivity index (χ2n) is 6.47. The van der Waals surface area contributed by atoms with Crippen molar-refractivity contribution in [3.05, 3.63) is 64.1 Å². The van der Waals surface area contributed by atoms with Gasteiger partial charge in [0.15, 0.2) is 0 Å². The highest BCUT2D eigenvalue weighted by molar-refractivity contribution is 6.31. The van der Waals surface area contributed by atoms with Crippen LogP contribution < -0.4 is 10.2 Å². The van der Waals surface area contributed by atoms with Crippen molar-refractivity contribution in [3.8, 4) is 0 Å². The lowest BCUT2D eigenvalue weighted by atomic mass is 10.1. The molecule has 3 rings (SSSR count). The van der Waals surface area contributed by atoms with Crippen LogP contribution in [-0.4, -0.2) is 43.5 Å². The molecule has 0 bridgehead atoms. The molecule has 0 aromatic heterocycles. The minimum absolute atomic E-state index is 0.0281. The first-order chi connectivity index (χ1) is 12.5. The molecule has 0 radical (unpaired) electrons. The zero-order valence-corrected chi connectivity index (χ0v) is 16.3. The summed E-state index contributed by atoms with van der Waals surface area (Å²) in [5.41, 5.74) is 2.11. The number of carbonyl (C=O) groups excluding carboxylic acids is 1. The second-order valence-corrected chi connectivity index (χ2v) is 7.32. The molecule has 1 saturated heterocycles. The van der Waals surface area contributed by atoms with Crippen molar-refractivity contribution in [1.82, 2.24) is 10.2 Å². The number of nitrogens with zero attached hydrogens (tertiary/aromatic N) is 2. The zero-order valence-electron chi connectivity index (χ0n) is 14.8. The summed E-state index contributed by atoms with van der Waals surface area (Å²) < 4.78 is 0. The number of hydrogen-bond acceptors (Lipinski definition) is 3. The molecule has 0 spiro atoms. The lowest BCUT2D eigenvalue weighted by Gasteiger charge is -2.36. The average molecular weight is 392 g/mol. The van der Waals surface area contributed by atoms with E-state index < -0.39 is 0 Å². The molecule has 1 heterocycles. The predicted octanol–water partition coefficient (Wildman–Crippen LogP) is 3.99. The van der Waals surface area contributed by atoms with Crippen molar-refractivity contribution in [2.45, 2.75) is 13.0 Å². The average Bonchev–Trinajstić information content (AvgIpc) is 2.66. The highest BCUT2D eigenvalue weighted by Crippen LogP contribution is 2.22. The van der Waals surface area contributed by atoms with Crippen LogP contribution in [0.15, 0.2) is 48.5 Å². The van der Waals surface area contributed by atoms with Gasteiger partial charge in [-0.1, -0.05) is 47.5 Å². The lowest BCUT2D eigenvalue weighted by molar-refractivity contribution is -0.130. The van der Waals surface area contributed by atoms with E-state index in [0.29, 0.717) is 19.6 Å². The van der Waals surface area contributed by atoms with Crippen molar-refractivity contribution in [2.24, 2.45) is 0 Å². The predicted molar refractivity (Wildman–Crippen MR) is 108 cm³/mol. The summed E-state index contributed by atoms with van der Waals surface area (Å²) in [5, 5.41) is 4.73. The Labute approximate surface area is 164 Å².